The summed E-state index contributed by atoms with van der Waals surface area (Å²) in [5, 5.41) is 15.0. The van der Waals surface area contributed by atoms with Crippen molar-refractivity contribution in [1.29, 1.82) is 0 Å². The molecule has 0 radical (unpaired) electrons. The molecule has 0 bridgehead atoms. The van der Waals surface area contributed by atoms with Crippen LogP contribution in [0.2, 0.25) is 5.02 Å². The van der Waals surface area contributed by atoms with E-state index in [2.05, 4.69) is 12.2 Å². The highest BCUT2D eigenvalue weighted by Gasteiger charge is 2.34. The van der Waals surface area contributed by atoms with E-state index < -0.39 is 5.60 Å². The molecule has 0 atom stereocenters. The standard InChI is InChI=1S/C15H22ClNO/c1-2-10-17-14-6-8-15(18,9-7-14)12-4-3-5-13(16)11-12/h3-5,11,14,17-18H,2,6-10H2,1H3. The van der Waals surface area contributed by atoms with Crippen LogP contribution in [0.1, 0.15) is 44.6 Å². The van der Waals surface area contributed by atoms with Crippen LogP contribution in [0.3, 0.4) is 0 Å². The van der Waals surface area contributed by atoms with Crippen LogP contribution in [-0.2, 0) is 5.60 Å². The topological polar surface area (TPSA) is 32.3 Å². The van der Waals surface area contributed by atoms with Gasteiger partial charge in [-0.3, -0.25) is 0 Å². The number of halogens is 1. The summed E-state index contributed by atoms with van der Waals surface area (Å²) in [6.07, 6.45) is 4.85. The van der Waals surface area contributed by atoms with E-state index in [-0.39, 0.29) is 0 Å². The predicted octanol–water partition coefficient (Wildman–Crippen LogP) is 3.47. The molecule has 0 amide bonds. The van der Waals surface area contributed by atoms with E-state index in [0.717, 1.165) is 44.2 Å². The van der Waals surface area contributed by atoms with Gasteiger partial charge in [0.05, 0.1) is 5.60 Å². The summed E-state index contributed by atoms with van der Waals surface area (Å²) in [6.45, 7) is 3.25. The minimum atomic E-state index is -0.685. The highest BCUT2D eigenvalue weighted by Crippen LogP contribution is 2.37. The fourth-order valence-electron chi connectivity index (χ4n) is 2.71. The summed E-state index contributed by atoms with van der Waals surface area (Å²) in [7, 11) is 0. The van der Waals surface area contributed by atoms with E-state index >= 15 is 0 Å². The quantitative estimate of drug-likeness (QED) is 0.876. The number of aliphatic hydroxyl groups is 1. The van der Waals surface area contributed by atoms with Gasteiger partial charge in [-0.25, -0.2) is 0 Å². The average molecular weight is 268 g/mol. The van der Waals surface area contributed by atoms with Gasteiger partial charge in [0, 0.05) is 11.1 Å². The second-order valence-electron chi connectivity index (χ2n) is 5.27. The number of rotatable bonds is 4. The molecule has 0 heterocycles. The number of hydrogen-bond acceptors (Lipinski definition) is 2. The summed E-state index contributed by atoms with van der Waals surface area (Å²) in [6, 6.07) is 8.19. The molecule has 2 nitrogen and oxygen atoms in total. The zero-order valence-corrected chi connectivity index (χ0v) is 11.7. The van der Waals surface area contributed by atoms with Crippen LogP contribution in [0.15, 0.2) is 24.3 Å². The van der Waals surface area contributed by atoms with Crippen molar-refractivity contribution in [2.24, 2.45) is 0 Å². The highest BCUT2D eigenvalue weighted by atomic mass is 35.5. The Bertz CT molecular complexity index is 386. The monoisotopic (exact) mass is 267 g/mol. The molecule has 2 N–H and O–H groups in total. The van der Waals surface area contributed by atoms with Gasteiger partial charge in [0.25, 0.3) is 0 Å². The van der Waals surface area contributed by atoms with E-state index in [1.54, 1.807) is 0 Å². The molecular formula is C15H22ClNO. The molecule has 1 saturated carbocycles. The van der Waals surface area contributed by atoms with Crippen molar-refractivity contribution in [2.75, 3.05) is 6.54 Å². The van der Waals surface area contributed by atoms with Crippen LogP contribution in [0.25, 0.3) is 0 Å². The second kappa shape index (κ2) is 6.05. The van der Waals surface area contributed by atoms with E-state index in [1.165, 1.54) is 0 Å². The molecule has 0 saturated heterocycles. The first-order chi connectivity index (χ1) is 8.64. The summed E-state index contributed by atoms with van der Waals surface area (Å²) in [5.74, 6) is 0. The normalized spacial score (nSPS) is 28.3. The van der Waals surface area contributed by atoms with Gasteiger partial charge in [-0.1, -0.05) is 30.7 Å². The Labute approximate surface area is 114 Å². The lowest BCUT2D eigenvalue weighted by Crippen LogP contribution is -2.40. The number of nitrogens with one attached hydrogen (secondary N) is 1. The van der Waals surface area contributed by atoms with Crippen LogP contribution in [0, 0.1) is 0 Å². The fraction of sp³-hybridized carbons (Fsp3) is 0.600. The smallest absolute Gasteiger partial charge is 0.0898 e. The van der Waals surface area contributed by atoms with Gasteiger partial charge in [0.1, 0.15) is 0 Å². The van der Waals surface area contributed by atoms with Crippen molar-refractivity contribution in [3.8, 4) is 0 Å². The van der Waals surface area contributed by atoms with E-state index in [4.69, 9.17) is 11.6 Å². The van der Waals surface area contributed by atoms with Crippen LogP contribution < -0.4 is 5.32 Å². The van der Waals surface area contributed by atoms with E-state index in [9.17, 15) is 5.11 Å². The number of hydrogen-bond donors (Lipinski definition) is 2. The van der Waals surface area contributed by atoms with Crippen LogP contribution in [0.5, 0.6) is 0 Å². The fourth-order valence-corrected chi connectivity index (χ4v) is 2.90. The zero-order valence-electron chi connectivity index (χ0n) is 11.0. The first kappa shape index (κ1) is 13.9. The van der Waals surface area contributed by atoms with Gasteiger partial charge in [-0.15, -0.1) is 0 Å². The first-order valence-electron chi connectivity index (χ1n) is 6.86. The Hall–Kier alpha value is -0.570. The minimum Gasteiger partial charge on any atom is -0.385 e. The molecular weight excluding hydrogens is 246 g/mol. The number of benzene rings is 1. The summed E-state index contributed by atoms with van der Waals surface area (Å²) < 4.78 is 0. The molecule has 0 spiro atoms. The third-order valence-electron chi connectivity index (χ3n) is 3.86. The molecule has 2 rings (SSSR count). The Kier molecular flexibility index (Phi) is 4.66. The van der Waals surface area contributed by atoms with Gasteiger partial charge in [-0.2, -0.15) is 0 Å². The first-order valence-corrected chi connectivity index (χ1v) is 7.23. The Balaban J connectivity index is 1.98. The molecule has 1 fully saturated rings. The zero-order chi connectivity index (χ0) is 13.0. The van der Waals surface area contributed by atoms with Gasteiger partial charge >= 0.3 is 0 Å². The Morgan fingerprint density at radius 3 is 2.72 bits per heavy atom. The lowest BCUT2D eigenvalue weighted by molar-refractivity contribution is -0.00826. The summed E-state index contributed by atoms with van der Waals surface area (Å²) in [5.41, 5.74) is 0.277. The molecule has 1 aliphatic rings. The summed E-state index contributed by atoms with van der Waals surface area (Å²) in [4.78, 5) is 0. The molecule has 100 valence electrons. The molecule has 0 unspecified atom stereocenters. The third kappa shape index (κ3) is 3.25. The minimum absolute atomic E-state index is 0.560. The maximum absolute atomic E-state index is 10.7. The van der Waals surface area contributed by atoms with Crippen molar-refractivity contribution in [3.05, 3.63) is 34.9 Å². The van der Waals surface area contributed by atoms with E-state index in [0.29, 0.717) is 11.1 Å². The van der Waals surface area contributed by atoms with Crippen molar-refractivity contribution in [1.82, 2.24) is 5.32 Å². The lowest BCUT2D eigenvalue weighted by atomic mass is 9.78. The molecule has 3 heteroatoms. The maximum atomic E-state index is 10.7. The van der Waals surface area contributed by atoms with Gasteiger partial charge < -0.3 is 10.4 Å². The Morgan fingerprint density at radius 1 is 1.39 bits per heavy atom. The van der Waals surface area contributed by atoms with Crippen molar-refractivity contribution >= 4 is 11.6 Å². The maximum Gasteiger partial charge on any atom is 0.0898 e. The molecule has 1 aromatic carbocycles. The molecule has 1 aliphatic carbocycles. The Morgan fingerprint density at radius 2 is 2.11 bits per heavy atom. The van der Waals surface area contributed by atoms with Gasteiger partial charge in [-0.05, 0) is 56.3 Å². The molecule has 0 aromatic heterocycles. The largest absolute Gasteiger partial charge is 0.385 e. The van der Waals surface area contributed by atoms with Crippen LogP contribution >= 0.6 is 11.6 Å². The predicted molar refractivity (Wildman–Crippen MR) is 75.9 cm³/mol. The average Bonchev–Trinajstić information content (AvgIpc) is 2.38. The van der Waals surface area contributed by atoms with Crippen molar-refractivity contribution in [3.63, 3.8) is 0 Å². The van der Waals surface area contributed by atoms with Crippen molar-refractivity contribution in [2.45, 2.75) is 50.7 Å². The third-order valence-corrected chi connectivity index (χ3v) is 4.09. The van der Waals surface area contributed by atoms with E-state index in [1.807, 2.05) is 24.3 Å². The molecule has 0 aliphatic heterocycles. The molecule has 1 aromatic rings. The SMILES string of the molecule is CCCNC1CCC(O)(c2cccc(Cl)c2)CC1. The van der Waals surface area contributed by atoms with Crippen LogP contribution in [-0.4, -0.2) is 17.7 Å². The highest BCUT2D eigenvalue weighted by molar-refractivity contribution is 6.30. The van der Waals surface area contributed by atoms with Gasteiger partial charge in [0.15, 0.2) is 0 Å². The van der Waals surface area contributed by atoms with Crippen molar-refractivity contribution < 1.29 is 5.11 Å². The second-order valence-corrected chi connectivity index (χ2v) is 5.71. The summed E-state index contributed by atoms with van der Waals surface area (Å²) >= 11 is 6.00. The molecule has 18 heavy (non-hydrogen) atoms. The van der Waals surface area contributed by atoms with Crippen LogP contribution in [0.4, 0.5) is 0 Å². The lowest BCUT2D eigenvalue weighted by Gasteiger charge is -2.37. The van der Waals surface area contributed by atoms with Gasteiger partial charge in [0.2, 0.25) is 0 Å².